The first-order valence-electron chi connectivity index (χ1n) is 10.5. The number of ether oxygens (including phenoxy) is 1. The summed E-state index contributed by atoms with van der Waals surface area (Å²) < 4.78 is 11.5. The van der Waals surface area contributed by atoms with Gasteiger partial charge in [-0.3, -0.25) is 4.79 Å². The molecule has 1 aliphatic carbocycles. The molecule has 5 rings (SSSR count). The van der Waals surface area contributed by atoms with E-state index in [2.05, 4.69) is 5.16 Å². The summed E-state index contributed by atoms with van der Waals surface area (Å²) in [4.78, 5) is 19.7. The molecule has 1 aromatic carbocycles. The predicted molar refractivity (Wildman–Crippen MR) is 104 cm³/mol. The zero-order chi connectivity index (χ0) is 19.0. The lowest BCUT2D eigenvalue weighted by atomic mass is 9.80. The largest absolute Gasteiger partial charge is 0.378 e. The van der Waals surface area contributed by atoms with Crippen LogP contribution in [0.4, 0.5) is 0 Å². The van der Waals surface area contributed by atoms with E-state index in [-0.39, 0.29) is 17.4 Å². The van der Waals surface area contributed by atoms with Gasteiger partial charge in [-0.05, 0) is 38.0 Å². The summed E-state index contributed by atoms with van der Waals surface area (Å²) in [7, 11) is 0. The van der Waals surface area contributed by atoms with Gasteiger partial charge in [-0.1, -0.05) is 41.9 Å². The van der Waals surface area contributed by atoms with Crippen LogP contribution in [-0.4, -0.2) is 46.7 Å². The Hall–Kier alpha value is -2.21. The van der Waals surface area contributed by atoms with Gasteiger partial charge in [-0.15, -0.1) is 0 Å². The fraction of sp³-hybridized carbons (Fsp3) is 0.591. The molecule has 3 aliphatic rings. The minimum atomic E-state index is -0.177. The molecule has 0 radical (unpaired) electrons. The molecular weight excluding hydrogens is 354 g/mol. The summed E-state index contributed by atoms with van der Waals surface area (Å²) in [5, 5.41) is 4.24. The van der Waals surface area contributed by atoms with Gasteiger partial charge in [-0.25, -0.2) is 0 Å². The van der Waals surface area contributed by atoms with E-state index in [1.807, 2.05) is 35.2 Å². The third kappa shape index (κ3) is 3.13. The Morgan fingerprint density at radius 1 is 1.18 bits per heavy atom. The molecule has 6 nitrogen and oxygen atoms in total. The first-order valence-corrected chi connectivity index (χ1v) is 10.5. The van der Waals surface area contributed by atoms with Crippen molar-refractivity contribution < 1.29 is 14.1 Å². The molecule has 0 spiro atoms. The van der Waals surface area contributed by atoms with Gasteiger partial charge in [0.25, 0.3) is 0 Å². The topological polar surface area (TPSA) is 68.5 Å². The average Bonchev–Trinajstić information content (AvgIpc) is 3.43. The van der Waals surface area contributed by atoms with E-state index in [1.54, 1.807) is 0 Å². The van der Waals surface area contributed by atoms with Crippen LogP contribution in [0.25, 0.3) is 11.4 Å². The molecule has 0 bridgehead atoms. The van der Waals surface area contributed by atoms with Gasteiger partial charge < -0.3 is 14.2 Å². The lowest BCUT2D eigenvalue weighted by molar-refractivity contribution is -0.134. The second-order valence-corrected chi connectivity index (χ2v) is 8.50. The Balaban J connectivity index is 1.34. The standard InChI is InChI=1S/C22H27N3O3/c26-19(13-18-10-4-5-12-27-18)25-14-17-9-6-11-22(17,15-25)21-23-20(24-28-21)16-7-2-1-3-8-16/h1-3,7-8,17-18H,4-6,9-15H2/t17-,18?,22-/m1/s1. The van der Waals surface area contributed by atoms with E-state index in [0.717, 1.165) is 57.2 Å². The summed E-state index contributed by atoms with van der Waals surface area (Å²) in [6, 6.07) is 9.92. The van der Waals surface area contributed by atoms with Crippen molar-refractivity contribution in [3.8, 4) is 11.4 Å². The van der Waals surface area contributed by atoms with Gasteiger partial charge in [0.2, 0.25) is 17.6 Å². The van der Waals surface area contributed by atoms with Crippen LogP contribution in [0.5, 0.6) is 0 Å². The number of hydrogen-bond donors (Lipinski definition) is 0. The minimum Gasteiger partial charge on any atom is -0.378 e. The van der Waals surface area contributed by atoms with E-state index < -0.39 is 0 Å². The number of fused-ring (bicyclic) bond motifs is 1. The van der Waals surface area contributed by atoms with Gasteiger partial charge >= 0.3 is 0 Å². The van der Waals surface area contributed by atoms with E-state index in [0.29, 0.717) is 30.6 Å². The van der Waals surface area contributed by atoms with Crippen molar-refractivity contribution in [1.82, 2.24) is 15.0 Å². The predicted octanol–water partition coefficient (Wildman–Crippen LogP) is 3.58. The summed E-state index contributed by atoms with van der Waals surface area (Å²) in [5.41, 5.74) is 0.784. The Kier molecular flexibility index (Phi) is 4.67. The fourth-order valence-corrected chi connectivity index (χ4v) is 5.25. The lowest BCUT2D eigenvalue weighted by Gasteiger charge is -2.26. The quantitative estimate of drug-likeness (QED) is 0.810. The van der Waals surface area contributed by atoms with Crippen LogP contribution in [-0.2, 0) is 14.9 Å². The Bertz CT molecular complexity index is 831. The molecular formula is C22H27N3O3. The van der Waals surface area contributed by atoms with Crippen molar-refractivity contribution in [1.29, 1.82) is 0 Å². The van der Waals surface area contributed by atoms with Gasteiger partial charge in [0.05, 0.1) is 17.9 Å². The fourth-order valence-electron chi connectivity index (χ4n) is 5.25. The van der Waals surface area contributed by atoms with Crippen LogP contribution in [0, 0.1) is 5.92 Å². The van der Waals surface area contributed by atoms with Crippen molar-refractivity contribution in [3.05, 3.63) is 36.2 Å². The van der Waals surface area contributed by atoms with Crippen molar-refractivity contribution in [2.24, 2.45) is 5.92 Å². The molecule has 3 atom stereocenters. The summed E-state index contributed by atoms with van der Waals surface area (Å²) >= 11 is 0. The maximum Gasteiger partial charge on any atom is 0.235 e. The highest BCUT2D eigenvalue weighted by Gasteiger charge is 2.55. The maximum atomic E-state index is 12.9. The van der Waals surface area contributed by atoms with E-state index >= 15 is 0 Å². The van der Waals surface area contributed by atoms with Crippen LogP contribution in [0.15, 0.2) is 34.9 Å². The van der Waals surface area contributed by atoms with Crippen LogP contribution in [0.3, 0.4) is 0 Å². The molecule has 2 aromatic rings. The number of likely N-dealkylation sites (tertiary alicyclic amines) is 1. The molecule has 1 amide bonds. The van der Waals surface area contributed by atoms with Crippen molar-refractivity contribution in [2.45, 2.75) is 56.5 Å². The molecule has 1 aromatic heterocycles. The molecule has 2 aliphatic heterocycles. The first-order chi connectivity index (χ1) is 13.7. The average molecular weight is 381 g/mol. The Labute approximate surface area is 165 Å². The number of carbonyl (C=O) groups is 1. The van der Waals surface area contributed by atoms with E-state index in [1.165, 1.54) is 0 Å². The highest BCUT2D eigenvalue weighted by molar-refractivity contribution is 5.77. The van der Waals surface area contributed by atoms with Gasteiger partial charge in [-0.2, -0.15) is 4.98 Å². The third-order valence-electron chi connectivity index (χ3n) is 6.78. The normalized spacial score (nSPS) is 29.8. The monoisotopic (exact) mass is 381 g/mol. The van der Waals surface area contributed by atoms with E-state index in [9.17, 15) is 4.79 Å². The van der Waals surface area contributed by atoms with Gasteiger partial charge in [0.15, 0.2) is 0 Å². The number of nitrogens with zero attached hydrogens (tertiary/aromatic N) is 3. The van der Waals surface area contributed by atoms with Crippen LogP contribution >= 0.6 is 0 Å². The van der Waals surface area contributed by atoms with Crippen LogP contribution in [0.1, 0.15) is 50.8 Å². The van der Waals surface area contributed by atoms with Crippen molar-refractivity contribution in [2.75, 3.05) is 19.7 Å². The number of benzene rings is 1. The molecule has 3 fully saturated rings. The Morgan fingerprint density at radius 2 is 2.07 bits per heavy atom. The summed E-state index contributed by atoms with van der Waals surface area (Å²) in [5.74, 6) is 1.96. The molecule has 6 heteroatoms. The summed E-state index contributed by atoms with van der Waals surface area (Å²) in [6.07, 6.45) is 7.15. The first kappa shape index (κ1) is 17.9. The number of rotatable bonds is 4. The Morgan fingerprint density at radius 3 is 2.89 bits per heavy atom. The van der Waals surface area contributed by atoms with Gasteiger partial charge in [0.1, 0.15) is 0 Å². The molecule has 28 heavy (non-hydrogen) atoms. The van der Waals surface area contributed by atoms with Crippen molar-refractivity contribution >= 4 is 5.91 Å². The molecule has 1 saturated carbocycles. The third-order valence-corrected chi connectivity index (χ3v) is 6.78. The smallest absolute Gasteiger partial charge is 0.235 e. The number of carbonyl (C=O) groups excluding carboxylic acids is 1. The summed E-state index contributed by atoms with van der Waals surface area (Å²) in [6.45, 7) is 2.28. The van der Waals surface area contributed by atoms with Crippen LogP contribution in [0.2, 0.25) is 0 Å². The maximum absolute atomic E-state index is 12.9. The molecule has 2 saturated heterocycles. The SMILES string of the molecule is O=C(CC1CCCCO1)N1C[C@H]2CCC[C@@]2(c2nc(-c3ccccc3)no2)C1. The highest BCUT2D eigenvalue weighted by Crippen LogP contribution is 2.50. The second kappa shape index (κ2) is 7.32. The minimum absolute atomic E-state index is 0.0886. The second-order valence-electron chi connectivity index (χ2n) is 8.50. The zero-order valence-electron chi connectivity index (χ0n) is 16.2. The highest BCUT2D eigenvalue weighted by atomic mass is 16.5. The molecule has 0 N–H and O–H groups in total. The number of aromatic nitrogens is 2. The van der Waals surface area contributed by atoms with Crippen molar-refractivity contribution in [3.63, 3.8) is 0 Å². The number of hydrogen-bond acceptors (Lipinski definition) is 5. The van der Waals surface area contributed by atoms with Crippen LogP contribution < -0.4 is 0 Å². The lowest BCUT2D eigenvalue weighted by Crippen LogP contribution is -2.37. The zero-order valence-corrected chi connectivity index (χ0v) is 16.2. The molecule has 1 unspecified atom stereocenters. The number of amides is 1. The van der Waals surface area contributed by atoms with Gasteiger partial charge in [0, 0.05) is 25.3 Å². The van der Waals surface area contributed by atoms with E-state index in [4.69, 9.17) is 14.2 Å². The molecule has 3 heterocycles. The molecule has 148 valence electrons.